The van der Waals surface area contributed by atoms with Crippen molar-refractivity contribution in [1.82, 2.24) is 9.88 Å². The van der Waals surface area contributed by atoms with Crippen LogP contribution in [0.3, 0.4) is 0 Å². The molecule has 0 spiro atoms. The molecule has 1 aliphatic heterocycles. The molecule has 3 heterocycles. The van der Waals surface area contributed by atoms with Crippen molar-refractivity contribution in [3.8, 4) is 10.6 Å². The van der Waals surface area contributed by atoms with Crippen LogP contribution < -0.4 is 0 Å². The number of hydrogen-bond acceptors (Lipinski definition) is 6. The molecular weight excluding hydrogens is 312 g/mol. The van der Waals surface area contributed by atoms with Crippen molar-refractivity contribution in [3.63, 3.8) is 0 Å². The van der Waals surface area contributed by atoms with Crippen molar-refractivity contribution in [1.29, 1.82) is 0 Å². The first-order valence-corrected chi connectivity index (χ1v) is 10.1. The van der Waals surface area contributed by atoms with Gasteiger partial charge < -0.3 is 0 Å². The van der Waals surface area contributed by atoms with E-state index >= 15 is 0 Å². The van der Waals surface area contributed by atoms with E-state index in [0.717, 1.165) is 22.7 Å². The summed E-state index contributed by atoms with van der Waals surface area (Å²) in [6.07, 6.45) is 0.736. The molecule has 0 bridgehead atoms. The van der Waals surface area contributed by atoms with Gasteiger partial charge in [0.2, 0.25) is 0 Å². The Hall–Kier alpha value is -0.760. The lowest BCUT2D eigenvalue weighted by Gasteiger charge is -2.21. The molecule has 0 aromatic carbocycles. The van der Waals surface area contributed by atoms with Gasteiger partial charge in [-0.2, -0.15) is 11.3 Å². The topological polar surface area (TPSA) is 50.3 Å². The molecule has 2 aromatic rings. The molecule has 2 aromatic heterocycles. The van der Waals surface area contributed by atoms with Gasteiger partial charge in [0.05, 0.1) is 17.2 Å². The van der Waals surface area contributed by atoms with Gasteiger partial charge in [-0.1, -0.05) is 0 Å². The zero-order valence-electron chi connectivity index (χ0n) is 11.2. The van der Waals surface area contributed by atoms with Gasteiger partial charge in [0.15, 0.2) is 9.84 Å². The fraction of sp³-hybridized carbons (Fsp3) is 0.462. The Kier molecular flexibility index (Phi) is 3.94. The molecule has 3 rings (SSSR count). The van der Waals surface area contributed by atoms with Gasteiger partial charge in [-0.05, 0) is 24.9 Å². The van der Waals surface area contributed by atoms with Crippen molar-refractivity contribution in [2.24, 2.45) is 0 Å². The van der Waals surface area contributed by atoms with Gasteiger partial charge in [0, 0.05) is 28.9 Å². The maximum atomic E-state index is 11.5. The summed E-state index contributed by atoms with van der Waals surface area (Å²) in [6, 6.07) is 2.20. The third-order valence-corrected chi connectivity index (χ3v) is 6.94. The van der Waals surface area contributed by atoms with E-state index in [0.29, 0.717) is 12.3 Å². The molecule has 0 aliphatic carbocycles. The van der Waals surface area contributed by atoms with Gasteiger partial charge in [0.1, 0.15) is 5.01 Å². The summed E-state index contributed by atoms with van der Waals surface area (Å²) >= 11 is 3.31. The van der Waals surface area contributed by atoms with Gasteiger partial charge in [-0.25, -0.2) is 13.4 Å². The van der Waals surface area contributed by atoms with Crippen molar-refractivity contribution >= 4 is 32.5 Å². The molecule has 1 fully saturated rings. The molecule has 108 valence electrons. The van der Waals surface area contributed by atoms with Crippen LogP contribution in [0.2, 0.25) is 0 Å². The quantitative estimate of drug-likeness (QED) is 0.865. The highest BCUT2D eigenvalue weighted by Crippen LogP contribution is 2.26. The Morgan fingerprint density at radius 3 is 2.95 bits per heavy atom. The van der Waals surface area contributed by atoms with E-state index in [1.165, 1.54) is 0 Å². The number of rotatable bonds is 4. The minimum atomic E-state index is -2.82. The third kappa shape index (κ3) is 3.11. The third-order valence-electron chi connectivity index (χ3n) is 3.56. The van der Waals surface area contributed by atoms with Crippen molar-refractivity contribution in [2.45, 2.75) is 19.0 Å². The molecular formula is C13H16N2O2S3. The predicted octanol–water partition coefficient (Wildman–Crippen LogP) is 2.49. The summed E-state index contributed by atoms with van der Waals surface area (Å²) < 4.78 is 23.0. The summed E-state index contributed by atoms with van der Waals surface area (Å²) in [5.74, 6) is 0.601. The maximum Gasteiger partial charge on any atom is 0.151 e. The number of aromatic nitrogens is 1. The number of sulfone groups is 1. The van der Waals surface area contributed by atoms with Gasteiger partial charge >= 0.3 is 0 Å². The van der Waals surface area contributed by atoms with E-state index in [1.54, 1.807) is 22.7 Å². The van der Waals surface area contributed by atoms with Crippen LogP contribution in [0.15, 0.2) is 22.2 Å². The first kappa shape index (κ1) is 14.2. The zero-order valence-corrected chi connectivity index (χ0v) is 13.6. The summed E-state index contributed by atoms with van der Waals surface area (Å²) in [7, 11) is -0.840. The van der Waals surface area contributed by atoms with E-state index in [1.807, 2.05) is 12.4 Å². The van der Waals surface area contributed by atoms with Gasteiger partial charge in [-0.3, -0.25) is 4.90 Å². The van der Waals surface area contributed by atoms with Crippen LogP contribution in [0, 0.1) is 0 Å². The van der Waals surface area contributed by atoms with Gasteiger partial charge in [0.25, 0.3) is 0 Å². The van der Waals surface area contributed by atoms with Crippen LogP contribution in [0.5, 0.6) is 0 Å². The largest absolute Gasteiger partial charge is 0.297 e. The standard InChI is InChI=1S/C13H16N2O2S3/c1-15(12-3-5-20(16,17)9-12)6-11-8-19-13(14-11)10-2-4-18-7-10/h2,4,7-8,12H,3,5-6,9H2,1H3. The molecule has 0 radical (unpaired) electrons. The van der Waals surface area contributed by atoms with Crippen LogP contribution in [0.1, 0.15) is 12.1 Å². The summed E-state index contributed by atoms with van der Waals surface area (Å²) in [6.45, 7) is 0.709. The summed E-state index contributed by atoms with van der Waals surface area (Å²) in [4.78, 5) is 6.74. The number of thiazole rings is 1. The Labute approximate surface area is 127 Å². The molecule has 1 unspecified atom stereocenters. The zero-order chi connectivity index (χ0) is 14.2. The Morgan fingerprint density at radius 1 is 1.45 bits per heavy atom. The van der Waals surface area contributed by atoms with Crippen LogP contribution >= 0.6 is 22.7 Å². The Balaban J connectivity index is 1.66. The molecule has 0 amide bonds. The fourth-order valence-electron chi connectivity index (χ4n) is 2.41. The lowest BCUT2D eigenvalue weighted by molar-refractivity contribution is 0.251. The van der Waals surface area contributed by atoms with Crippen LogP contribution in [0.25, 0.3) is 10.6 Å². The molecule has 4 nitrogen and oxygen atoms in total. The minimum absolute atomic E-state index is 0.131. The average Bonchev–Trinajstić information content (AvgIpc) is 3.07. The first-order valence-electron chi connectivity index (χ1n) is 6.41. The summed E-state index contributed by atoms with van der Waals surface area (Å²) in [5.41, 5.74) is 2.18. The summed E-state index contributed by atoms with van der Waals surface area (Å²) in [5, 5.41) is 7.24. The molecule has 7 heteroatoms. The van der Waals surface area contributed by atoms with Gasteiger partial charge in [-0.15, -0.1) is 11.3 Å². The lowest BCUT2D eigenvalue weighted by atomic mass is 10.2. The molecule has 1 saturated heterocycles. The molecule has 0 N–H and O–H groups in total. The molecule has 1 atom stereocenters. The highest BCUT2D eigenvalue weighted by molar-refractivity contribution is 7.91. The van der Waals surface area contributed by atoms with Crippen molar-refractivity contribution in [2.75, 3.05) is 18.6 Å². The van der Waals surface area contributed by atoms with Crippen LogP contribution in [-0.2, 0) is 16.4 Å². The SMILES string of the molecule is CN(Cc1csc(-c2ccsc2)n1)C1CCS(=O)(=O)C1. The predicted molar refractivity (Wildman–Crippen MR) is 84.0 cm³/mol. The van der Waals surface area contributed by atoms with Crippen LogP contribution in [0.4, 0.5) is 0 Å². The highest BCUT2D eigenvalue weighted by atomic mass is 32.2. The normalized spacial score (nSPS) is 21.6. The van der Waals surface area contributed by atoms with Crippen molar-refractivity contribution in [3.05, 3.63) is 27.9 Å². The van der Waals surface area contributed by atoms with E-state index < -0.39 is 9.84 Å². The van der Waals surface area contributed by atoms with E-state index in [-0.39, 0.29) is 11.8 Å². The fourth-order valence-corrected chi connectivity index (χ4v) is 5.73. The van der Waals surface area contributed by atoms with Crippen LogP contribution in [-0.4, -0.2) is 42.9 Å². The number of hydrogen-bond donors (Lipinski definition) is 0. The van der Waals surface area contributed by atoms with E-state index in [9.17, 15) is 8.42 Å². The Bertz CT molecular complexity index is 676. The average molecular weight is 328 g/mol. The lowest BCUT2D eigenvalue weighted by Crippen LogP contribution is -2.32. The number of thiophene rings is 1. The second-order valence-electron chi connectivity index (χ2n) is 5.13. The second-order valence-corrected chi connectivity index (χ2v) is 8.99. The monoisotopic (exact) mass is 328 g/mol. The van der Waals surface area contributed by atoms with E-state index in [2.05, 4.69) is 26.7 Å². The second kappa shape index (κ2) is 5.55. The first-order chi connectivity index (χ1) is 9.53. The number of nitrogens with zero attached hydrogens (tertiary/aromatic N) is 2. The van der Waals surface area contributed by atoms with E-state index in [4.69, 9.17) is 0 Å². The maximum absolute atomic E-state index is 11.5. The molecule has 0 saturated carbocycles. The Morgan fingerprint density at radius 2 is 2.30 bits per heavy atom. The molecule has 1 aliphatic rings. The smallest absolute Gasteiger partial charge is 0.151 e. The van der Waals surface area contributed by atoms with Crippen molar-refractivity contribution < 1.29 is 8.42 Å². The highest BCUT2D eigenvalue weighted by Gasteiger charge is 2.30. The molecule has 20 heavy (non-hydrogen) atoms. The minimum Gasteiger partial charge on any atom is -0.297 e.